The smallest absolute Gasteiger partial charge is 0.462 e. The Hall–Kier alpha value is -1.94. The van der Waals surface area contributed by atoms with Gasteiger partial charge in [0.1, 0.15) is 19.3 Å². The summed E-state index contributed by atoms with van der Waals surface area (Å²) in [5, 5.41) is 10.7. The molecule has 0 bridgehead atoms. The molecule has 0 heterocycles. The Kier molecular flexibility index (Phi) is 73.4. The van der Waals surface area contributed by atoms with Crippen molar-refractivity contribution in [2.75, 3.05) is 39.6 Å². The third-order valence-corrected chi connectivity index (χ3v) is 22.3. The molecule has 0 fully saturated rings. The number of phosphoric ester groups is 2. The van der Waals surface area contributed by atoms with Gasteiger partial charge in [0, 0.05) is 25.7 Å². The number of rotatable bonds is 83. The van der Waals surface area contributed by atoms with E-state index in [0.29, 0.717) is 25.7 Å². The fraction of sp³-hybridized carbons (Fsp3) is 0.953. The molecule has 0 aromatic carbocycles. The van der Waals surface area contributed by atoms with Gasteiger partial charge in [-0.3, -0.25) is 37.3 Å². The number of hydrogen-bond donors (Lipinski definition) is 3. The van der Waals surface area contributed by atoms with Gasteiger partial charge in [0.05, 0.1) is 26.4 Å². The van der Waals surface area contributed by atoms with Gasteiger partial charge in [-0.15, -0.1) is 0 Å². The number of carbonyl (C=O) groups excluding carboxylic acids is 4. The van der Waals surface area contributed by atoms with E-state index in [0.717, 1.165) is 114 Å². The van der Waals surface area contributed by atoms with Gasteiger partial charge in [0.25, 0.3) is 0 Å². The topological polar surface area (TPSA) is 237 Å². The van der Waals surface area contributed by atoms with Crippen LogP contribution in [0.15, 0.2) is 0 Å². The highest BCUT2D eigenvalue weighted by atomic mass is 31.2. The zero-order valence-corrected chi connectivity index (χ0v) is 71.2. The number of ether oxygens (including phenoxy) is 4. The van der Waals surface area contributed by atoms with Crippen molar-refractivity contribution < 1.29 is 80.2 Å². The van der Waals surface area contributed by atoms with E-state index in [1.54, 1.807) is 0 Å². The summed E-state index contributed by atoms with van der Waals surface area (Å²) < 4.78 is 68.9. The maximum absolute atomic E-state index is 13.1. The van der Waals surface area contributed by atoms with Crippen molar-refractivity contribution in [2.24, 2.45) is 23.7 Å². The van der Waals surface area contributed by atoms with Crippen molar-refractivity contribution in [1.29, 1.82) is 0 Å². The highest BCUT2D eigenvalue weighted by Gasteiger charge is 2.31. The number of esters is 4. The lowest BCUT2D eigenvalue weighted by atomic mass is 9.99. The van der Waals surface area contributed by atoms with E-state index in [1.165, 1.54) is 250 Å². The first-order chi connectivity index (χ1) is 50.6. The Balaban J connectivity index is 5.24. The van der Waals surface area contributed by atoms with Gasteiger partial charge in [0.15, 0.2) is 12.2 Å². The number of hydrogen-bond acceptors (Lipinski definition) is 15. The van der Waals surface area contributed by atoms with Gasteiger partial charge in [-0.1, -0.05) is 396 Å². The summed E-state index contributed by atoms with van der Waals surface area (Å²) in [5.74, 6) is 1.06. The van der Waals surface area contributed by atoms with E-state index in [4.69, 9.17) is 37.0 Å². The van der Waals surface area contributed by atoms with Gasteiger partial charge in [0.2, 0.25) is 0 Å². The lowest BCUT2D eigenvalue weighted by molar-refractivity contribution is -0.161. The first-order valence-electron chi connectivity index (χ1n) is 44.2. The number of aliphatic hydroxyl groups excluding tert-OH is 1. The quantitative estimate of drug-likeness (QED) is 0.0222. The minimum atomic E-state index is -4.97. The molecule has 0 aliphatic carbocycles. The summed E-state index contributed by atoms with van der Waals surface area (Å²) in [7, 11) is -9.93. The molecule has 0 radical (unpaired) electrons. The molecule has 6 atom stereocenters. The monoisotopic (exact) mass is 1540 g/mol. The summed E-state index contributed by atoms with van der Waals surface area (Å²) in [4.78, 5) is 73.2. The van der Waals surface area contributed by atoms with Gasteiger partial charge in [-0.25, -0.2) is 9.13 Å². The van der Waals surface area contributed by atoms with Crippen LogP contribution < -0.4 is 0 Å². The van der Waals surface area contributed by atoms with Gasteiger partial charge in [-0.2, -0.15) is 0 Å². The van der Waals surface area contributed by atoms with Gasteiger partial charge < -0.3 is 33.8 Å². The molecule has 0 aliphatic heterocycles. The van der Waals surface area contributed by atoms with Crippen LogP contribution in [-0.4, -0.2) is 96.7 Å². The molecule has 0 amide bonds. The van der Waals surface area contributed by atoms with Crippen LogP contribution >= 0.6 is 15.6 Å². The summed E-state index contributed by atoms with van der Waals surface area (Å²) >= 11 is 0. The van der Waals surface area contributed by atoms with Gasteiger partial charge in [-0.05, 0) is 49.4 Å². The Labute approximate surface area is 645 Å². The Morgan fingerprint density at radius 2 is 0.457 bits per heavy atom. The molecule has 0 aliphatic rings. The number of carbonyl (C=O) groups is 4. The second-order valence-electron chi connectivity index (χ2n) is 32.6. The van der Waals surface area contributed by atoms with E-state index in [1.807, 2.05) is 0 Å². The molecule has 0 aromatic rings. The zero-order chi connectivity index (χ0) is 77.4. The predicted octanol–water partition coefficient (Wildman–Crippen LogP) is 25.9. The zero-order valence-electron chi connectivity index (χ0n) is 69.4. The van der Waals surface area contributed by atoms with Crippen LogP contribution in [0, 0.1) is 23.7 Å². The number of phosphoric acid groups is 2. The first-order valence-corrected chi connectivity index (χ1v) is 47.2. The van der Waals surface area contributed by atoms with Gasteiger partial charge >= 0.3 is 39.5 Å². The van der Waals surface area contributed by atoms with Crippen LogP contribution in [0.3, 0.4) is 0 Å². The SMILES string of the molecule is CCC(C)CCCCCCCCCCCCCCCCCCCCC(=O)O[C@H](COC(=O)CCCCCCCCCCCCCCCCCC(C)C)COP(=O)(O)OC[C@@H](O)COP(=O)(O)OC[C@@H](COC(=O)CCCCCCCCCCCC(C)C)OC(=O)CCCCCCCCCCCCC(C)C. The largest absolute Gasteiger partial charge is 0.472 e. The van der Waals surface area contributed by atoms with E-state index in [-0.39, 0.29) is 25.7 Å². The minimum absolute atomic E-state index is 0.105. The molecule has 0 aromatic heterocycles. The highest BCUT2D eigenvalue weighted by molar-refractivity contribution is 7.47. The van der Waals surface area contributed by atoms with Crippen molar-refractivity contribution in [1.82, 2.24) is 0 Å². The first kappa shape index (κ1) is 103. The molecule has 19 heteroatoms. The minimum Gasteiger partial charge on any atom is -0.462 e. The number of unbranched alkanes of at least 4 members (excludes halogenated alkanes) is 48. The predicted molar refractivity (Wildman–Crippen MR) is 432 cm³/mol. The lowest BCUT2D eigenvalue weighted by Crippen LogP contribution is -2.30. The Bertz CT molecular complexity index is 2040. The van der Waals surface area contributed by atoms with Crippen molar-refractivity contribution in [2.45, 2.75) is 465 Å². The van der Waals surface area contributed by atoms with E-state index >= 15 is 0 Å². The van der Waals surface area contributed by atoms with Crippen LogP contribution in [0.5, 0.6) is 0 Å². The molecule has 624 valence electrons. The molecular weight excluding hydrogens is 1370 g/mol. The van der Waals surface area contributed by atoms with Crippen molar-refractivity contribution in [3.05, 3.63) is 0 Å². The maximum atomic E-state index is 13.1. The molecule has 0 saturated carbocycles. The average molecular weight is 1540 g/mol. The summed E-state index contributed by atoms with van der Waals surface area (Å²) in [6, 6.07) is 0. The second-order valence-corrected chi connectivity index (χ2v) is 35.5. The summed E-state index contributed by atoms with van der Waals surface area (Å²) in [5.41, 5.74) is 0. The average Bonchev–Trinajstić information content (AvgIpc) is 0.920. The third-order valence-electron chi connectivity index (χ3n) is 20.4. The molecule has 0 rings (SSSR count). The molecule has 3 N–H and O–H groups in total. The molecule has 0 saturated heterocycles. The molecule has 3 unspecified atom stereocenters. The third kappa shape index (κ3) is 78.5. The Morgan fingerprint density at radius 1 is 0.267 bits per heavy atom. The van der Waals surface area contributed by atoms with Crippen LogP contribution in [0.1, 0.15) is 447 Å². The molecule has 105 heavy (non-hydrogen) atoms. The maximum Gasteiger partial charge on any atom is 0.472 e. The summed E-state index contributed by atoms with van der Waals surface area (Å²) in [6.45, 7) is 14.3. The van der Waals surface area contributed by atoms with Crippen molar-refractivity contribution >= 4 is 39.5 Å². The molecule has 0 spiro atoms. The number of aliphatic hydroxyl groups is 1. The molecular formula is C86H168O17P2. The van der Waals surface area contributed by atoms with Crippen molar-refractivity contribution in [3.8, 4) is 0 Å². The Morgan fingerprint density at radius 3 is 0.676 bits per heavy atom. The summed E-state index contributed by atoms with van der Waals surface area (Å²) in [6.07, 6.45) is 63.9. The molecule has 17 nitrogen and oxygen atoms in total. The second kappa shape index (κ2) is 74.8. The normalized spacial score (nSPS) is 14.2. The van der Waals surface area contributed by atoms with E-state index < -0.39 is 97.5 Å². The van der Waals surface area contributed by atoms with Crippen molar-refractivity contribution in [3.63, 3.8) is 0 Å². The van der Waals surface area contributed by atoms with Crippen LogP contribution in [0.4, 0.5) is 0 Å². The lowest BCUT2D eigenvalue weighted by Gasteiger charge is -2.21. The highest BCUT2D eigenvalue weighted by Crippen LogP contribution is 2.45. The van der Waals surface area contributed by atoms with Crippen LogP contribution in [0.2, 0.25) is 0 Å². The fourth-order valence-electron chi connectivity index (χ4n) is 13.3. The fourth-order valence-corrected chi connectivity index (χ4v) is 14.9. The van der Waals surface area contributed by atoms with E-state index in [2.05, 4.69) is 55.4 Å². The van der Waals surface area contributed by atoms with E-state index in [9.17, 15) is 43.2 Å². The standard InChI is InChI=1S/C86H168O17P2/c1-9-79(8)65-57-49-41-33-24-20-16-12-10-11-13-17-22-26-35-44-52-60-68-85(90)102-81(72-96-83(88)66-58-50-42-34-25-21-18-14-15-19-23-30-38-46-54-62-76(2)3)74-100-104(92,93)98-70-80(87)71-99-105(94,95)101-75-82(73-97-84(89)67-59-51-43-37-29-32-40-48-56-64-78(6)7)103-86(91)69-61-53-45-36-28-27-31-39-47-55-63-77(4)5/h76-82,87H,9-75H2,1-8H3,(H,92,93)(H,94,95)/t79?,80-,81-,82-/m1/s1. The van der Waals surface area contributed by atoms with Crippen LogP contribution in [-0.2, 0) is 65.4 Å². The van der Waals surface area contributed by atoms with Crippen LogP contribution in [0.25, 0.3) is 0 Å².